The third-order valence-corrected chi connectivity index (χ3v) is 6.92. The van der Waals surface area contributed by atoms with E-state index in [1.807, 2.05) is 0 Å². The molecular formula is C27H42N8O8. The molecule has 1 aromatic rings. The summed E-state index contributed by atoms with van der Waals surface area (Å²) in [7, 11) is 0. The van der Waals surface area contributed by atoms with Gasteiger partial charge in [-0.3, -0.25) is 29.0 Å². The largest absolute Gasteiger partial charge is 0.508 e. The molecule has 2 rings (SSSR count). The molecule has 1 fully saturated rings. The summed E-state index contributed by atoms with van der Waals surface area (Å²) in [5, 5.41) is 36.4. The Balaban J connectivity index is 2.12. The number of benzene rings is 1. The quantitative estimate of drug-likeness (QED) is 0.0560. The molecule has 43 heavy (non-hydrogen) atoms. The molecule has 0 spiro atoms. The van der Waals surface area contributed by atoms with E-state index in [4.69, 9.17) is 22.3 Å². The van der Waals surface area contributed by atoms with Crippen LogP contribution in [0.2, 0.25) is 0 Å². The molecule has 4 amide bonds. The van der Waals surface area contributed by atoms with E-state index in [0.717, 1.165) is 0 Å². The van der Waals surface area contributed by atoms with Gasteiger partial charge in [0, 0.05) is 13.1 Å². The number of carbonyl (C=O) groups is 5. The minimum atomic E-state index is -1.40. The molecule has 0 saturated carbocycles. The number of amides is 4. The number of aromatic hydroxyl groups is 1. The van der Waals surface area contributed by atoms with E-state index >= 15 is 0 Å². The van der Waals surface area contributed by atoms with Gasteiger partial charge in [-0.25, -0.2) is 0 Å². The number of hydrogen-bond donors (Lipinski definition) is 9. The maximum Gasteiger partial charge on any atom is 0.325 e. The number of aliphatic imine (C=N–C) groups is 1. The summed E-state index contributed by atoms with van der Waals surface area (Å²) in [5.41, 5.74) is 17.3. The number of likely N-dealkylation sites (tertiary alicyclic amines) is 1. The average Bonchev–Trinajstić information content (AvgIpc) is 3.43. The van der Waals surface area contributed by atoms with Gasteiger partial charge in [0.05, 0.1) is 12.1 Å². The molecule has 1 saturated heterocycles. The summed E-state index contributed by atoms with van der Waals surface area (Å²) in [4.78, 5) is 68.8. The van der Waals surface area contributed by atoms with Crippen molar-refractivity contribution in [2.75, 3.05) is 13.1 Å². The van der Waals surface area contributed by atoms with Crippen LogP contribution in [0, 0.1) is 0 Å². The first-order valence-electron chi connectivity index (χ1n) is 13.9. The SMILES string of the molecule is C[C@H](NC(=O)[C@@H](CCCN=C(N)N)NC(=O)[C@H]1CCCN1C(=O)[C@H](NC(=O)[C@H](N)Cc1ccc(O)cc1)[C@H](C)O)C(=O)O. The second kappa shape index (κ2) is 16.3. The maximum atomic E-state index is 13.5. The molecule has 12 N–H and O–H groups in total. The molecule has 6 atom stereocenters. The number of rotatable bonds is 15. The Labute approximate surface area is 249 Å². The Morgan fingerprint density at radius 2 is 1.70 bits per heavy atom. The number of carboxylic acid groups (broad SMARTS) is 1. The Morgan fingerprint density at radius 1 is 1.05 bits per heavy atom. The topological polar surface area (TPSA) is 276 Å². The van der Waals surface area contributed by atoms with Crippen LogP contribution in [0.4, 0.5) is 0 Å². The van der Waals surface area contributed by atoms with Crippen LogP contribution in [0.25, 0.3) is 0 Å². The summed E-state index contributed by atoms with van der Waals surface area (Å²) in [6.45, 7) is 2.92. The summed E-state index contributed by atoms with van der Waals surface area (Å²) >= 11 is 0. The number of aliphatic hydroxyl groups excluding tert-OH is 1. The molecule has 238 valence electrons. The number of phenolic OH excluding ortho intramolecular Hbond substituents is 1. The number of aliphatic hydroxyl groups is 1. The highest BCUT2D eigenvalue weighted by Crippen LogP contribution is 2.20. The average molecular weight is 607 g/mol. The van der Waals surface area contributed by atoms with Crippen molar-refractivity contribution in [3.63, 3.8) is 0 Å². The Hall–Kier alpha value is -4.44. The van der Waals surface area contributed by atoms with Crippen LogP contribution < -0.4 is 33.2 Å². The number of nitrogens with zero attached hydrogens (tertiary/aromatic N) is 2. The number of hydrogen-bond acceptors (Lipinski definition) is 9. The van der Waals surface area contributed by atoms with Crippen molar-refractivity contribution >= 4 is 35.6 Å². The highest BCUT2D eigenvalue weighted by molar-refractivity contribution is 5.96. The second-order valence-electron chi connectivity index (χ2n) is 10.5. The summed E-state index contributed by atoms with van der Waals surface area (Å²) < 4.78 is 0. The number of aliphatic carboxylic acids is 1. The highest BCUT2D eigenvalue weighted by Gasteiger charge is 2.40. The molecule has 16 heteroatoms. The first-order valence-corrected chi connectivity index (χ1v) is 13.9. The lowest BCUT2D eigenvalue weighted by molar-refractivity contribution is -0.145. The summed E-state index contributed by atoms with van der Waals surface area (Å²) in [6.07, 6.45) is -0.158. The van der Waals surface area contributed by atoms with Crippen molar-refractivity contribution in [2.45, 2.75) is 82.3 Å². The van der Waals surface area contributed by atoms with Crippen LogP contribution >= 0.6 is 0 Å². The van der Waals surface area contributed by atoms with Gasteiger partial charge in [-0.2, -0.15) is 0 Å². The van der Waals surface area contributed by atoms with E-state index in [1.165, 1.54) is 30.9 Å². The molecule has 0 aromatic heterocycles. The van der Waals surface area contributed by atoms with Gasteiger partial charge in [-0.1, -0.05) is 12.1 Å². The van der Waals surface area contributed by atoms with E-state index < -0.39 is 65.9 Å². The molecule has 1 aliphatic heterocycles. The fourth-order valence-corrected chi connectivity index (χ4v) is 4.53. The fourth-order valence-electron chi connectivity index (χ4n) is 4.53. The smallest absolute Gasteiger partial charge is 0.325 e. The standard InChI is InChI=1S/C27H42N8O8/c1-14(26(42)43)32-23(39)19(5-3-11-31-27(29)30)33-24(40)20-6-4-12-35(20)25(41)21(15(2)36)34-22(38)18(28)13-16-7-9-17(37)10-8-16/h7-10,14-15,18-21,36-37H,3-6,11-13,28H2,1-2H3,(H,32,39)(H,33,40)(H,34,38)(H,42,43)(H4,29,30,31)/t14-,15-,18+,19+,20+,21+/m0/s1. The summed E-state index contributed by atoms with van der Waals surface area (Å²) in [6, 6.07) is 0.257. The van der Waals surface area contributed by atoms with Crippen LogP contribution in [0.3, 0.4) is 0 Å². The van der Waals surface area contributed by atoms with Crippen LogP contribution in [0.1, 0.15) is 45.1 Å². The van der Waals surface area contributed by atoms with Crippen molar-refractivity contribution in [1.29, 1.82) is 0 Å². The van der Waals surface area contributed by atoms with Crippen LogP contribution in [-0.2, 0) is 30.4 Å². The van der Waals surface area contributed by atoms with Crippen LogP contribution in [-0.4, -0.2) is 105 Å². The van der Waals surface area contributed by atoms with Crippen molar-refractivity contribution in [1.82, 2.24) is 20.9 Å². The van der Waals surface area contributed by atoms with E-state index in [0.29, 0.717) is 12.0 Å². The Morgan fingerprint density at radius 3 is 2.28 bits per heavy atom. The molecule has 1 heterocycles. The fraction of sp³-hybridized carbons (Fsp3) is 0.556. The van der Waals surface area contributed by atoms with Crippen LogP contribution in [0.15, 0.2) is 29.3 Å². The van der Waals surface area contributed by atoms with Gasteiger partial charge < -0.3 is 53.4 Å². The zero-order valence-corrected chi connectivity index (χ0v) is 24.2. The number of phenols is 1. The van der Waals surface area contributed by atoms with Gasteiger partial charge in [0.2, 0.25) is 23.6 Å². The second-order valence-corrected chi connectivity index (χ2v) is 10.5. The number of carboxylic acids is 1. The third-order valence-electron chi connectivity index (χ3n) is 6.92. The molecular weight excluding hydrogens is 564 g/mol. The Bertz CT molecular complexity index is 1170. The van der Waals surface area contributed by atoms with Gasteiger partial charge in [-0.05, 0) is 63.6 Å². The van der Waals surface area contributed by atoms with E-state index in [-0.39, 0.29) is 50.5 Å². The number of carbonyl (C=O) groups excluding carboxylic acids is 4. The number of nitrogens with one attached hydrogen (secondary N) is 3. The lowest BCUT2D eigenvalue weighted by Crippen LogP contribution is -2.60. The normalized spacial score (nSPS) is 18.0. The van der Waals surface area contributed by atoms with Gasteiger partial charge in [0.1, 0.15) is 29.9 Å². The number of nitrogens with two attached hydrogens (primary N) is 3. The van der Waals surface area contributed by atoms with E-state index in [1.54, 1.807) is 12.1 Å². The van der Waals surface area contributed by atoms with Crippen LogP contribution in [0.5, 0.6) is 5.75 Å². The first-order chi connectivity index (χ1) is 20.2. The molecule has 0 aliphatic carbocycles. The van der Waals surface area contributed by atoms with Crippen molar-refractivity contribution in [3.8, 4) is 5.75 Å². The van der Waals surface area contributed by atoms with Crippen molar-refractivity contribution in [2.24, 2.45) is 22.2 Å². The molecule has 0 radical (unpaired) electrons. The monoisotopic (exact) mass is 606 g/mol. The molecule has 1 aliphatic rings. The predicted molar refractivity (Wildman–Crippen MR) is 155 cm³/mol. The minimum absolute atomic E-state index is 0.0541. The van der Waals surface area contributed by atoms with Gasteiger partial charge in [0.15, 0.2) is 5.96 Å². The Kier molecular flexibility index (Phi) is 13.1. The van der Waals surface area contributed by atoms with E-state index in [2.05, 4.69) is 20.9 Å². The zero-order valence-electron chi connectivity index (χ0n) is 24.2. The van der Waals surface area contributed by atoms with Crippen molar-refractivity contribution < 1.29 is 39.3 Å². The van der Waals surface area contributed by atoms with Gasteiger partial charge in [-0.15, -0.1) is 0 Å². The van der Waals surface area contributed by atoms with Gasteiger partial charge in [0.25, 0.3) is 0 Å². The predicted octanol–water partition coefficient (Wildman–Crippen LogP) is -2.75. The van der Waals surface area contributed by atoms with E-state index in [9.17, 15) is 34.2 Å². The van der Waals surface area contributed by atoms with Gasteiger partial charge >= 0.3 is 5.97 Å². The lowest BCUT2D eigenvalue weighted by Gasteiger charge is -2.31. The molecule has 0 unspecified atom stereocenters. The lowest BCUT2D eigenvalue weighted by atomic mass is 10.0. The maximum absolute atomic E-state index is 13.5. The minimum Gasteiger partial charge on any atom is -0.508 e. The highest BCUT2D eigenvalue weighted by atomic mass is 16.4. The summed E-state index contributed by atoms with van der Waals surface area (Å²) in [5.74, 6) is -4.15. The molecule has 0 bridgehead atoms. The molecule has 16 nitrogen and oxygen atoms in total. The third kappa shape index (κ3) is 10.7. The first kappa shape index (κ1) is 34.8. The zero-order chi connectivity index (χ0) is 32.3. The van der Waals surface area contributed by atoms with Crippen molar-refractivity contribution in [3.05, 3.63) is 29.8 Å². The number of guanidine groups is 1. The molecule has 1 aromatic carbocycles.